The van der Waals surface area contributed by atoms with E-state index in [1.807, 2.05) is 18.2 Å². The van der Waals surface area contributed by atoms with Gasteiger partial charge in [-0.15, -0.1) is 0 Å². The first-order valence-corrected chi connectivity index (χ1v) is 6.98. The van der Waals surface area contributed by atoms with E-state index in [9.17, 15) is 4.79 Å². The molecule has 0 aromatic carbocycles. The van der Waals surface area contributed by atoms with E-state index in [0.29, 0.717) is 25.4 Å². The molecule has 0 radical (unpaired) electrons. The van der Waals surface area contributed by atoms with Crippen molar-refractivity contribution in [2.24, 2.45) is 0 Å². The average Bonchev–Trinajstić information content (AvgIpc) is 2.52. The standard InChI is InChI=1S/C14H17ClN4O2/c1-21-9-8-19-14(20)13(15)12(10-18-19)17-7-5-11-4-2-3-6-16-11/h2-4,6,10,17H,5,7-9H2,1H3. The smallest absolute Gasteiger partial charge is 0.287 e. The predicted molar refractivity (Wildman–Crippen MR) is 81.8 cm³/mol. The number of ether oxygens (including phenoxy) is 1. The van der Waals surface area contributed by atoms with Crippen LogP contribution in [0.15, 0.2) is 35.4 Å². The number of hydrogen-bond donors (Lipinski definition) is 1. The Morgan fingerprint density at radius 2 is 2.29 bits per heavy atom. The number of anilines is 1. The lowest BCUT2D eigenvalue weighted by Crippen LogP contribution is -2.26. The molecule has 0 atom stereocenters. The van der Waals surface area contributed by atoms with Crippen molar-refractivity contribution >= 4 is 17.3 Å². The molecule has 0 aliphatic rings. The summed E-state index contributed by atoms with van der Waals surface area (Å²) in [5.41, 5.74) is 1.19. The Hall–Kier alpha value is -1.92. The van der Waals surface area contributed by atoms with Gasteiger partial charge in [0.2, 0.25) is 0 Å². The summed E-state index contributed by atoms with van der Waals surface area (Å²) in [5.74, 6) is 0. The lowest BCUT2D eigenvalue weighted by Gasteiger charge is -2.10. The van der Waals surface area contributed by atoms with Crippen molar-refractivity contribution in [1.82, 2.24) is 14.8 Å². The first kappa shape index (κ1) is 15.5. The largest absolute Gasteiger partial charge is 0.383 e. The van der Waals surface area contributed by atoms with Gasteiger partial charge in [-0.05, 0) is 12.1 Å². The summed E-state index contributed by atoms with van der Waals surface area (Å²) in [6.07, 6.45) is 4.04. The number of aromatic nitrogens is 3. The molecule has 21 heavy (non-hydrogen) atoms. The van der Waals surface area contributed by atoms with Crippen molar-refractivity contribution in [1.29, 1.82) is 0 Å². The highest BCUT2D eigenvalue weighted by atomic mass is 35.5. The number of methoxy groups -OCH3 is 1. The molecule has 2 rings (SSSR count). The molecule has 0 aliphatic heterocycles. The minimum Gasteiger partial charge on any atom is -0.383 e. The second-order valence-corrected chi connectivity index (χ2v) is 4.77. The molecule has 0 unspecified atom stereocenters. The summed E-state index contributed by atoms with van der Waals surface area (Å²) in [4.78, 5) is 16.2. The summed E-state index contributed by atoms with van der Waals surface area (Å²) in [5, 5.41) is 7.31. The number of nitrogens with zero attached hydrogens (tertiary/aromatic N) is 3. The number of rotatable bonds is 7. The van der Waals surface area contributed by atoms with Crippen molar-refractivity contribution in [3.8, 4) is 0 Å². The Labute approximate surface area is 127 Å². The van der Waals surface area contributed by atoms with Crippen molar-refractivity contribution in [3.63, 3.8) is 0 Å². The molecule has 0 saturated carbocycles. The van der Waals surface area contributed by atoms with E-state index >= 15 is 0 Å². The Bertz CT molecular complexity index is 631. The lowest BCUT2D eigenvalue weighted by molar-refractivity contribution is 0.182. The number of halogens is 1. The maximum Gasteiger partial charge on any atom is 0.287 e. The van der Waals surface area contributed by atoms with Gasteiger partial charge in [0.05, 0.1) is 25.0 Å². The van der Waals surface area contributed by atoms with E-state index in [-0.39, 0.29) is 10.6 Å². The Balaban J connectivity index is 1.97. The van der Waals surface area contributed by atoms with Crippen LogP contribution in [0, 0.1) is 0 Å². The van der Waals surface area contributed by atoms with Gasteiger partial charge in [-0.2, -0.15) is 5.10 Å². The summed E-state index contributed by atoms with van der Waals surface area (Å²) in [6.45, 7) is 1.42. The van der Waals surface area contributed by atoms with Gasteiger partial charge in [-0.1, -0.05) is 17.7 Å². The molecule has 112 valence electrons. The van der Waals surface area contributed by atoms with Gasteiger partial charge in [0.1, 0.15) is 5.02 Å². The van der Waals surface area contributed by atoms with Crippen molar-refractivity contribution in [2.75, 3.05) is 25.6 Å². The predicted octanol–water partition coefficient (Wildman–Crippen LogP) is 1.59. The molecular formula is C14H17ClN4O2. The second-order valence-electron chi connectivity index (χ2n) is 4.39. The van der Waals surface area contributed by atoms with E-state index in [0.717, 1.165) is 12.1 Å². The van der Waals surface area contributed by atoms with E-state index < -0.39 is 0 Å². The topological polar surface area (TPSA) is 69.0 Å². The SMILES string of the molecule is COCCn1ncc(NCCc2ccccn2)c(Cl)c1=O. The molecule has 0 amide bonds. The quantitative estimate of drug-likeness (QED) is 0.841. The Kier molecular flexibility index (Phi) is 5.71. The highest BCUT2D eigenvalue weighted by molar-refractivity contribution is 6.32. The fourth-order valence-electron chi connectivity index (χ4n) is 1.80. The van der Waals surface area contributed by atoms with Crippen LogP contribution >= 0.6 is 11.6 Å². The Morgan fingerprint density at radius 1 is 1.43 bits per heavy atom. The molecular weight excluding hydrogens is 292 g/mol. The minimum absolute atomic E-state index is 0.141. The summed E-state index contributed by atoms with van der Waals surface area (Å²) < 4.78 is 6.21. The fraction of sp³-hybridized carbons (Fsp3) is 0.357. The third-order valence-electron chi connectivity index (χ3n) is 2.91. The summed E-state index contributed by atoms with van der Waals surface area (Å²) in [6, 6.07) is 5.76. The first-order chi connectivity index (χ1) is 10.2. The monoisotopic (exact) mass is 308 g/mol. The van der Waals surface area contributed by atoms with Crippen LogP contribution < -0.4 is 10.9 Å². The van der Waals surface area contributed by atoms with Crippen LogP contribution in [0.25, 0.3) is 0 Å². The van der Waals surface area contributed by atoms with Crippen molar-refractivity contribution in [2.45, 2.75) is 13.0 Å². The van der Waals surface area contributed by atoms with Gasteiger partial charge in [-0.25, -0.2) is 4.68 Å². The lowest BCUT2D eigenvalue weighted by atomic mass is 10.2. The number of nitrogens with one attached hydrogen (secondary N) is 1. The van der Waals surface area contributed by atoms with Crippen LogP contribution in [0.5, 0.6) is 0 Å². The molecule has 0 bridgehead atoms. The molecule has 2 aromatic rings. The van der Waals surface area contributed by atoms with E-state index in [2.05, 4.69) is 15.4 Å². The highest BCUT2D eigenvalue weighted by Gasteiger charge is 2.08. The zero-order valence-electron chi connectivity index (χ0n) is 11.8. The van der Waals surface area contributed by atoms with Gasteiger partial charge in [0.15, 0.2) is 0 Å². The molecule has 2 aromatic heterocycles. The molecule has 2 heterocycles. The molecule has 6 nitrogen and oxygen atoms in total. The normalized spacial score (nSPS) is 10.6. The third kappa shape index (κ3) is 4.27. The van der Waals surface area contributed by atoms with Gasteiger partial charge in [-0.3, -0.25) is 9.78 Å². The van der Waals surface area contributed by atoms with E-state index in [1.54, 1.807) is 19.5 Å². The molecule has 0 saturated heterocycles. The number of hydrogen-bond acceptors (Lipinski definition) is 5. The zero-order valence-corrected chi connectivity index (χ0v) is 12.5. The zero-order chi connectivity index (χ0) is 15.1. The molecule has 0 aliphatic carbocycles. The maximum atomic E-state index is 12.0. The number of pyridine rings is 1. The van der Waals surface area contributed by atoms with Crippen LogP contribution in [0.2, 0.25) is 5.02 Å². The van der Waals surface area contributed by atoms with Gasteiger partial charge < -0.3 is 10.1 Å². The third-order valence-corrected chi connectivity index (χ3v) is 3.28. The molecule has 7 heteroatoms. The van der Waals surface area contributed by atoms with Crippen LogP contribution in [0.1, 0.15) is 5.69 Å². The molecule has 1 N–H and O–H groups in total. The minimum atomic E-state index is -0.323. The van der Waals surface area contributed by atoms with Crippen LogP contribution in [0.4, 0.5) is 5.69 Å². The summed E-state index contributed by atoms with van der Waals surface area (Å²) >= 11 is 6.07. The fourth-order valence-corrected chi connectivity index (χ4v) is 2.01. The second kappa shape index (κ2) is 7.75. The van der Waals surface area contributed by atoms with Gasteiger partial charge in [0, 0.05) is 32.0 Å². The van der Waals surface area contributed by atoms with Crippen LogP contribution in [-0.4, -0.2) is 35.0 Å². The highest BCUT2D eigenvalue weighted by Crippen LogP contribution is 2.15. The van der Waals surface area contributed by atoms with Crippen molar-refractivity contribution in [3.05, 3.63) is 51.7 Å². The van der Waals surface area contributed by atoms with Crippen molar-refractivity contribution < 1.29 is 4.74 Å². The van der Waals surface area contributed by atoms with Gasteiger partial charge in [0.25, 0.3) is 5.56 Å². The molecule has 0 fully saturated rings. The van der Waals surface area contributed by atoms with E-state index in [1.165, 1.54) is 4.68 Å². The summed E-state index contributed by atoms with van der Waals surface area (Å²) in [7, 11) is 1.57. The van der Waals surface area contributed by atoms with Crippen LogP contribution in [-0.2, 0) is 17.7 Å². The maximum absolute atomic E-state index is 12.0. The first-order valence-electron chi connectivity index (χ1n) is 6.60. The van der Waals surface area contributed by atoms with E-state index in [4.69, 9.17) is 16.3 Å². The molecule has 0 spiro atoms. The average molecular weight is 309 g/mol. The van der Waals surface area contributed by atoms with Crippen LogP contribution in [0.3, 0.4) is 0 Å². The van der Waals surface area contributed by atoms with Gasteiger partial charge >= 0.3 is 0 Å². The Morgan fingerprint density at radius 3 is 3.00 bits per heavy atom.